The van der Waals surface area contributed by atoms with Crippen LogP contribution in [0.3, 0.4) is 0 Å². The summed E-state index contributed by atoms with van der Waals surface area (Å²) in [6.07, 6.45) is 1.65. The van der Waals surface area contributed by atoms with Gasteiger partial charge in [-0.2, -0.15) is 0 Å². The monoisotopic (exact) mass is 345 g/mol. The van der Waals surface area contributed by atoms with Crippen LogP contribution in [0.4, 0.5) is 5.69 Å². The molecule has 0 fully saturated rings. The Bertz CT molecular complexity index is 776. The van der Waals surface area contributed by atoms with Gasteiger partial charge in [0.25, 0.3) is 5.91 Å². The Balaban J connectivity index is 2.18. The van der Waals surface area contributed by atoms with E-state index in [1.54, 1.807) is 6.08 Å². The third-order valence-corrected chi connectivity index (χ3v) is 4.26. The quantitative estimate of drug-likeness (QED) is 0.690. The third-order valence-electron chi connectivity index (χ3n) is 3.40. The zero-order chi connectivity index (χ0) is 15.1. The summed E-state index contributed by atoms with van der Waals surface area (Å²) in [4.78, 5) is 12.1. The summed E-state index contributed by atoms with van der Waals surface area (Å²) in [5, 5.41) is 21.9. The van der Waals surface area contributed by atoms with Gasteiger partial charge in [-0.05, 0) is 48.4 Å². The van der Waals surface area contributed by atoms with Gasteiger partial charge in [0, 0.05) is 27.4 Å². The molecule has 0 spiro atoms. The summed E-state index contributed by atoms with van der Waals surface area (Å²) in [5.41, 5.74) is 3.62. The maximum absolute atomic E-state index is 12.1. The Morgan fingerprint density at radius 3 is 2.48 bits per heavy atom. The van der Waals surface area contributed by atoms with Crippen LogP contribution in [0, 0.1) is 6.92 Å². The number of phenols is 2. The maximum Gasteiger partial charge on any atom is 0.256 e. The molecule has 0 unspecified atom stereocenters. The Morgan fingerprint density at radius 2 is 1.81 bits per heavy atom. The highest BCUT2D eigenvalue weighted by Gasteiger charge is 2.26. The Morgan fingerprint density at radius 1 is 1.14 bits per heavy atom. The Labute approximate surface area is 129 Å². The Kier molecular flexibility index (Phi) is 3.22. The fourth-order valence-electron chi connectivity index (χ4n) is 2.45. The second-order valence-electron chi connectivity index (χ2n) is 4.89. The minimum Gasteiger partial charge on any atom is -0.508 e. The van der Waals surface area contributed by atoms with Crippen LogP contribution in [0.1, 0.15) is 16.7 Å². The number of benzene rings is 2. The molecular weight excluding hydrogens is 334 g/mol. The molecule has 0 aromatic heterocycles. The molecule has 4 nitrogen and oxygen atoms in total. The van der Waals surface area contributed by atoms with Gasteiger partial charge in [0.1, 0.15) is 11.5 Å². The summed E-state index contributed by atoms with van der Waals surface area (Å²) in [6.45, 7) is 1.93. The molecular formula is C16H12BrNO3. The summed E-state index contributed by atoms with van der Waals surface area (Å²) in [5.74, 6) is -0.299. The van der Waals surface area contributed by atoms with Crippen LogP contribution >= 0.6 is 15.9 Å². The fraction of sp³-hybridized carbons (Fsp3) is 0.0625. The van der Waals surface area contributed by atoms with Gasteiger partial charge in [0.05, 0.1) is 0 Å². The molecule has 21 heavy (non-hydrogen) atoms. The van der Waals surface area contributed by atoms with Crippen molar-refractivity contribution in [2.75, 3.05) is 5.32 Å². The van der Waals surface area contributed by atoms with E-state index >= 15 is 0 Å². The van der Waals surface area contributed by atoms with Crippen LogP contribution in [-0.4, -0.2) is 16.1 Å². The van der Waals surface area contributed by atoms with Crippen LogP contribution in [0.2, 0.25) is 0 Å². The number of carbonyl (C=O) groups is 1. The van der Waals surface area contributed by atoms with E-state index < -0.39 is 0 Å². The molecule has 0 aliphatic carbocycles. The normalized spacial score (nSPS) is 15.1. The molecule has 0 atom stereocenters. The lowest BCUT2D eigenvalue weighted by molar-refractivity contribution is -0.110. The summed E-state index contributed by atoms with van der Waals surface area (Å²) >= 11 is 3.46. The molecule has 3 N–H and O–H groups in total. The van der Waals surface area contributed by atoms with Gasteiger partial charge >= 0.3 is 0 Å². The molecule has 0 radical (unpaired) electrons. The summed E-state index contributed by atoms with van der Waals surface area (Å²) in [6, 6.07) is 7.95. The van der Waals surface area contributed by atoms with Crippen LogP contribution in [0.15, 0.2) is 34.8 Å². The van der Waals surface area contributed by atoms with Gasteiger partial charge in [0.15, 0.2) is 0 Å². The number of hydrogen-bond acceptors (Lipinski definition) is 3. The van der Waals surface area contributed by atoms with E-state index in [0.717, 1.165) is 21.3 Å². The first-order valence-electron chi connectivity index (χ1n) is 6.31. The van der Waals surface area contributed by atoms with Crippen molar-refractivity contribution in [2.45, 2.75) is 6.92 Å². The maximum atomic E-state index is 12.1. The van der Waals surface area contributed by atoms with Crippen LogP contribution in [-0.2, 0) is 4.79 Å². The van der Waals surface area contributed by atoms with Crippen LogP contribution in [0.5, 0.6) is 11.5 Å². The number of rotatable bonds is 1. The fourth-order valence-corrected chi connectivity index (χ4v) is 2.78. The molecule has 1 heterocycles. The molecule has 1 aliphatic rings. The topological polar surface area (TPSA) is 69.6 Å². The first kappa shape index (κ1) is 13.7. The van der Waals surface area contributed by atoms with Crippen molar-refractivity contribution >= 4 is 39.2 Å². The van der Waals surface area contributed by atoms with Gasteiger partial charge < -0.3 is 15.5 Å². The van der Waals surface area contributed by atoms with Crippen molar-refractivity contribution in [1.82, 2.24) is 0 Å². The van der Waals surface area contributed by atoms with E-state index in [-0.39, 0.29) is 17.4 Å². The van der Waals surface area contributed by atoms with E-state index in [1.807, 2.05) is 19.1 Å². The van der Waals surface area contributed by atoms with E-state index in [1.165, 1.54) is 18.2 Å². The Hall–Kier alpha value is -2.27. The number of amides is 1. The average Bonchev–Trinajstić information content (AvgIpc) is 2.70. The minimum absolute atomic E-state index is 0.0496. The summed E-state index contributed by atoms with van der Waals surface area (Å²) in [7, 11) is 0. The van der Waals surface area contributed by atoms with Gasteiger partial charge in [-0.15, -0.1) is 0 Å². The smallest absolute Gasteiger partial charge is 0.256 e. The second kappa shape index (κ2) is 4.93. The molecule has 106 valence electrons. The molecule has 0 saturated heterocycles. The lowest BCUT2D eigenvalue weighted by Gasteiger charge is -2.06. The summed E-state index contributed by atoms with van der Waals surface area (Å²) < 4.78 is 0.919. The number of anilines is 1. The number of phenolic OH excluding ortho intramolecular Hbond substituents is 2. The van der Waals surface area contributed by atoms with Crippen LogP contribution in [0.25, 0.3) is 11.6 Å². The first-order valence-corrected chi connectivity index (χ1v) is 7.10. The van der Waals surface area contributed by atoms with E-state index in [0.29, 0.717) is 11.1 Å². The lowest BCUT2D eigenvalue weighted by atomic mass is 9.99. The molecule has 2 aromatic carbocycles. The van der Waals surface area contributed by atoms with Crippen molar-refractivity contribution in [2.24, 2.45) is 0 Å². The van der Waals surface area contributed by atoms with Gasteiger partial charge in [-0.25, -0.2) is 0 Å². The van der Waals surface area contributed by atoms with Gasteiger partial charge in [-0.3, -0.25) is 4.79 Å². The van der Waals surface area contributed by atoms with Gasteiger partial charge in [0.2, 0.25) is 0 Å². The molecule has 0 bridgehead atoms. The molecule has 1 amide bonds. The SMILES string of the molecule is Cc1c(Br)ccc2c1C(=Cc1cc(O)cc(O)c1)C(=O)N2. The highest BCUT2D eigenvalue weighted by molar-refractivity contribution is 9.10. The van der Waals surface area contributed by atoms with Crippen molar-refractivity contribution in [1.29, 1.82) is 0 Å². The zero-order valence-electron chi connectivity index (χ0n) is 11.1. The molecule has 1 aliphatic heterocycles. The highest BCUT2D eigenvalue weighted by Crippen LogP contribution is 2.38. The molecule has 0 saturated carbocycles. The van der Waals surface area contributed by atoms with E-state index in [4.69, 9.17) is 0 Å². The van der Waals surface area contributed by atoms with Crippen molar-refractivity contribution in [3.05, 3.63) is 51.5 Å². The van der Waals surface area contributed by atoms with E-state index in [2.05, 4.69) is 21.2 Å². The third kappa shape index (κ3) is 2.40. The number of halogens is 1. The molecule has 3 rings (SSSR count). The standard InChI is InChI=1S/C16H12BrNO3/c1-8-13(17)2-3-14-15(8)12(16(21)18-14)6-9-4-10(19)7-11(20)5-9/h2-7,19-20H,1H3,(H,18,21). The zero-order valence-corrected chi connectivity index (χ0v) is 12.7. The predicted molar refractivity (Wildman–Crippen MR) is 85.2 cm³/mol. The molecule has 2 aromatic rings. The highest BCUT2D eigenvalue weighted by atomic mass is 79.9. The number of nitrogens with one attached hydrogen (secondary N) is 1. The second-order valence-corrected chi connectivity index (χ2v) is 5.74. The number of hydrogen-bond donors (Lipinski definition) is 3. The first-order chi connectivity index (χ1) is 9.95. The number of carbonyl (C=O) groups excluding carboxylic acids is 1. The van der Waals surface area contributed by atoms with Crippen LogP contribution < -0.4 is 5.32 Å². The van der Waals surface area contributed by atoms with Crippen molar-refractivity contribution in [3.8, 4) is 11.5 Å². The molecule has 5 heteroatoms. The average molecular weight is 346 g/mol. The van der Waals surface area contributed by atoms with Crippen molar-refractivity contribution in [3.63, 3.8) is 0 Å². The number of fused-ring (bicyclic) bond motifs is 1. The predicted octanol–water partition coefficient (Wildman–Crippen LogP) is 3.66. The largest absolute Gasteiger partial charge is 0.508 e. The number of aromatic hydroxyl groups is 2. The van der Waals surface area contributed by atoms with E-state index in [9.17, 15) is 15.0 Å². The minimum atomic E-state index is -0.200. The van der Waals surface area contributed by atoms with Gasteiger partial charge in [-0.1, -0.05) is 15.9 Å². The van der Waals surface area contributed by atoms with Crippen molar-refractivity contribution < 1.29 is 15.0 Å². The lowest BCUT2D eigenvalue weighted by Crippen LogP contribution is -2.03.